The summed E-state index contributed by atoms with van der Waals surface area (Å²) < 4.78 is 0. The molecule has 2 unspecified atom stereocenters. The third kappa shape index (κ3) is 1.60. The van der Waals surface area contributed by atoms with Crippen molar-refractivity contribution in [2.45, 2.75) is 31.7 Å². The van der Waals surface area contributed by atoms with Gasteiger partial charge in [-0.05, 0) is 45.9 Å². The van der Waals surface area contributed by atoms with Crippen LogP contribution in [0.25, 0.3) is 16.3 Å². The molecule has 1 heteroatoms. The fourth-order valence-electron chi connectivity index (χ4n) is 3.73. The van der Waals surface area contributed by atoms with Crippen LogP contribution in [0.5, 0.6) is 0 Å². The summed E-state index contributed by atoms with van der Waals surface area (Å²) in [5.41, 5.74) is 11.9. The second-order valence-corrected chi connectivity index (χ2v) is 5.96. The van der Waals surface area contributed by atoms with Gasteiger partial charge in [0.2, 0.25) is 0 Å². The fraction of sp³-hybridized carbons (Fsp3) is 0.263. The molecule has 2 aliphatic rings. The van der Waals surface area contributed by atoms with Gasteiger partial charge >= 0.3 is 0 Å². The molecule has 0 fully saturated rings. The predicted molar refractivity (Wildman–Crippen MR) is 85.6 cm³/mol. The van der Waals surface area contributed by atoms with Gasteiger partial charge in [-0.1, -0.05) is 55.5 Å². The number of hydrogen-bond acceptors (Lipinski definition) is 1. The van der Waals surface area contributed by atoms with E-state index in [1.807, 2.05) is 0 Å². The molecule has 20 heavy (non-hydrogen) atoms. The van der Waals surface area contributed by atoms with Crippen molar-refractivity contribution in [3.8, 4) is 0 Å². The van der Waals surface area contributed by atoms with Gasteiger partial charge in [0, 0.05) is 12.0 Å². The second kappa shape index (κ2) is 4.32. The van der Waals surface area contributed by atoms with E-state index in [2.05, 4.69) is 55.5 Å². The average molecular weight is 261 g/mol. The standard InChI is InChI=1S/C19H19N/c1-12-11-17-15(7-4-8-18(17)20)16-10-9-13-5-2-3-6-14(13)19(12)16/h2-3,5-7,9-12,18H,4,8,20H2,1H3. The molecule has 100 valence electrons. The molecule has 0 aromatic heterocycles. The normalized spacial score (nSPS) is 24.7. The zero-order valence-corrected chi connectivity index (χ0v) is 11.8. The summed E-state index contributed by atoms with van der Waals surface area (Å²) in [6.45, 7) is 2.29. The number of allylic oxidation sites excluding steroid dienone is 2. The fourth-order valence-corrected chi connectivity index (χ4v) is 3.73. The van der Waals surface area contributed by atoms with Crippen LogP contribution in [-0.4, -0.2) is 6.04 Å². The number of hydrogen-bond donors (Lipinski definition) is 1. The molecule has 0 aliphatic heterocycles. The first kappa shape index (κ1) is 11.9. The van der Waals surface area contributed by atoms with Crippen LogP contribution in [0.4, 0.5) is 0 Å². The molecule has 0 spiro atoms. The minimum absolute atomic E-state index is 0.206. The Morgan fingerprint density at radius 1 is 1.10 bits per heavy atom. The van der Waals surface area contributed by atoms with E-state index in [1.165, 1.54) is 33.0 Å². The minimum Gasteiger partial charge on any atom is -0.324 e. The second-order valence-electron chi connectivity index (χ2n) is 5.96. The Kier molecular flexibility index (Phi) is 2.58. The Bertz CT molecular complexity index is 751. The van der Waals surface area contributed by atoms with Crippen molar-refractivity contribution < 1.29 is 0 Å². The molecule has 0 saturated heterocycles. The molecular weight excluding hydrogens is 242 g/mol. The van der Waals surface area contributed by atoms with Crippen LogP contribution in [0, 0.1) is 0 Å². The lowest BCUT2D eigenvalue weighted by molar-refractivity contribution is 0.688. The lowest BCUT2D eigenvalue weighted by Crippen LogP contribution is -2.28. The zero-order chi connectivity index (χ0) is 13.7. The molecule has 2 aliphatic carbocycles. The zero-order valence-electron chi connectivity index (χ0n) is 11.8. The Balaban J connectivity index is 2.04. The van der Waals surface area contributed by atoms with Crippen molar-refractivity contribution >= 4 is 16.3 Å². The van der Waals surface area contributed by atoms with E-state index in [-0.39, 0.29) is 6.04 Å². The predicted octanol–water partition coefficient (Wildman–Crippen LogP) is 4.39. The SMILES string of the molecule is CC1C=C2C(=CCCC2N)c2ccc3ccccc3c21. The van der Waals surface area contributed by atoms with Crippen molar-refractivity contribution in [2.24, 2.45) is 5.73 Å². The smallest absolute Gasteiger partial charge is 0.0300 e. The monoisotopic (exact) mass is 261 g/mol. The minimum atomic E-state index is 0.206. The summed E-state index contributed by atoms with van der Waals surface area (Å²) in [6, 6.07) is 13.4. The number of benzene rings is 2. The van der Waals surface area contributed by atoms with Gasteiger partial charge < -0.3 is 5.73 Å². The highest BCUT2D eigenvalue weighted by Gasteiger charge is 2.27. The highest BCUT2D eigenvalue weighted by atomic mass is 14.6. The van der Waals surface area contributed by atoms with Crippen LogP contribution < -0.4 is 5.73 Å². The number of fused-ring (bicyclic) bond motifs is 5. The molecule has 0 saturated carbocycles. The van der Waals surface area contributed by atoms with Crippen LogP contribution in [0.3, 0.4) is 0 Å². The summed E-state index contributed by atoms with van der Waals surface area (Å²) in [6.07, 6.45) is 6.92. The Morgan fingerprint density at radius 2 is 1.95 bits per heavy atom. The van der Waals surface area contributed by atoms with Crippen LogP contribution in [0.1, 0.15) is 36.8 Å². The lowest BCUT2D eigenvalue weighted by atomic mass is 9.74. The van der Waals surface area contributed by atoms with Crippen molar-refractivity contribution in [2.75, 3.05) is 0 Å². The van der Waals surface area contributed by atoms with E-state index in [9.17, 15) is 0 Å². The molecule has 1 nitrogen and oxygen atoms in total. The Hall–Kier alpha value is -1.86. The van der Waals surface area contributed by atoms with Gasteiger partial charge in [0.25, 0.3) is 0 Å². The van der Waals surface area contributed by atoms with Crippen molar-refractivity contribution in [1.29, 1.82) is 0 Å². The molecule has 2 N–H and O–H groups in total. The van der Waals surface area contributed by atoms with E-state index < -0.39 is 0 Å². The van der Waals surface area contributed by atoms with Crippen LogP contribution in [0.2, 0.25) is 0 Å². The first-order valence-electron chi connectivity index (χ1n) is 7.45. The van der Waals surface area contributed by atoms with Crippen LogP contribution >= 0.6 is 0 Å². The van der Waals surface area contributed by atoms with E-state index in [1.54, 1.807) is 0 Å². The van der Waals surface area contributed by atoms with Gasteiger partial charge in [0.1, 0.15) is 0 Å². The van der Waals surface area contributed by atoms with E-state index in [0.29, 0.717) is 5.92 Å². The summed E-state index contributed by atoms with van der Waals surface area (Å²) in [4.78, 5) is 0. The maximum absolute atomic E-state index is 6.31. The van der Waals surface area contributed by atoms with Crippen molar-refractivity contribution in [1.82, 2.24) is 0 Å². The van der Waals surface area contributed by atoms with Gasteiger partial charge in [0.15, 0.2) is 0 Å². The van der Waals surface area contributed by atoms with Crippen LogP contribution in [-0.2, 0) is 0 Å². The van der Waals surface area contributed by atoms with E-state index in [4.69, 9.17) is 5.73 Å². The molecular formula is C19H19N. The highest BCUT2D eigenvalue weighted by molar-refractivity contribution is 5.96. The molecule has 2 atom stereocenters. The van der Waals surface area contributed by atoms with Gasteiger partial charge in [-0.15, -0.1) is 0 Å². The van der Waals surface area contributed by atoms with E-state index >= 15 is 0 Å². The van der Waals surface area contributed by atoms with Gasteiger partial charge in [-0.25, -0.2) is 0 Å². The quantitative estimate of drug-likeness (QED) is 0.748. The van der Waals surface area contributed by atoms with Crippen molar-refractivity contribution in [3.05, 3.63) is 65.3 Å². The number of rotatable bonds is 0. The molecule has 0 radical (unpaired) electrons. The Morgan fingerprint density at radius 3 is 2.85 bits per heavy atom. The summed E-state index contributed by atoms with van der Waals surface area (Å²) in [5, 5.41) is 2.71. The number of nitrogens with two attached hydrogens (primary N) is 1. The van der Waals surface area contributed by atoms with Gasteiger partial charge in [-0.3, -0.25) is 0 Å². The third-order valence-electron chi connectivity index (χ3n) is 4.68. The average Bonchev–Trinajstić information content (AvgIpc) is 2.48. The maximum atomic E-state index is 6.31. The van der Waals surface area contributed by atoms with E-state index in [0.717, 1.165) is 12.8 Å². The first-order valence-corrected chi connectivity index (χ1v) is 7.45. The molecule has 0 amide bonds. The third-order valence-corrected chi connectivity index (χ3v) is 4.68. The summed E-state index contributed by atoms with van der Waals surface area (Å²) >= 11 is 0. The first-order chi connectivity index (χ1) is 9.75. The molecule has 0 bridgehead atoms. The highest BCUT2D eigenvalue weighted by Crippen LogP contribution is 2.44. The lowest BCUT2D eigenvalue weighted by Gasteiger charge is -2.32. The topological polar surface area (TPSA) is 26.0 Å². The molecule has 0 heterocycles. The molecule has 2 aromatic rings. The molecule has 2 aromatic carbocycles. The maximum Gasteiger partial charge on any atom is 0.0300 e. The van der Waals surface area contributed by atoms with Gasteiger partial charge in [0.05, 0.1) is 0 Å². The van der Waals surface area contributed by atoms with Crippen LogP contribution in [0.15, 0.2) is 54.1 Å². The van der Waals surface area contributed by atoms with Gasteiger partial charge in [-0.2, -0.15) is 0 Å². The Labute approximate surface area is 119 Å². The molecule has 4 rings (SSSR count). The summed E-state index contributed by atoms with van der Waals surface area (Å²) in [7, 11) is 0. The summed E-state index contributed by atoms with van der Waals surface area (Å²) in [5.74, 6) is 0.437. The van der Waals surface area contributed by atoms with Crippen molar-refractivity contribution in [3.63, 3.8) is 0 Å². The largest absolute Gasteiger partial charge is 0.324 e.